The SMILES string of the molecule is Cc1cc([C@H](C)N)ccc1OCCCO. The van der Waals surface area contributed by atoms with Gasteiger partial charge in [0.2, 0.25) is 0 Å². The molecule has 0 heterocycles. The van der Waals surface area contributed by atoms with Gasteiger partial charge in [0.05, 0.1) is 6.61 Å². The summed E-state index contributed by atoms with van der Waals surface area (Å²) in [6.45, 7) is 4.67. The molecule has 0 aliphatic rings. The number of benzene rings is 1. The van der Waals surface area contributed by atoms with E-state index in [0.717, 1.165) is 16.9 Å². The zero-order valence-electron chi connectivity index (χ0n) is 9.36. The molecule has 3 N–H and O–H groups in total. The molecule has 0 amide bonds. The van der Waals surface area contributed by atoms with Gasteiger partial charge >= 0.3 is 0 Å². The molecular formula is C12H19NO2. The monoisotopic (exact) mass is 209 g/mol. The molecule has 1 aromatic rings. The van der Waals surface area contributed by atoms with Crippen molar-refractivity contribution in [3.8, 4) is 5.75 Å². The maximum absolute atomic E-state index is 8.63. The van der Waals surface area contributed by atoms with Crippen LogP contribution in [-0.4, -0.2) is 18.3 Å². The highest BCUT2D eigenvalue weighted by Gasteiger charge is 2.03. The second-order valence-electron chi connectivity index (χ2n) is 3.74. The molecule has 15 heavy (non-hydrogen) atoms. The minimum absolute atomic E-state index is 0.0511. The van der Waals surface area contributed by atoms with Gasteiger partial charge in [0.15, 0.2) is 0 Å². The third kappa shape index (κ3) is 3.53. The second kappa shape index (κ2) is 5.73. The van der Waals surface area contributed by atoms with Crippen LogP contribution in [0.2, 0.25) is 0 Å². The molecule has 0 spiro atoms. The number of aryl methyl sites for hydroxylation is 1. The van der Waals surface area contributed by atoms with E-state index in [4.69, 9.17) is 15.6 Å². The van der Waals surface area contributed by atoms with Gasteiger partial charge in [-0.15, -0.1) is 0 Å². The van der Waals surface area contributed by atoms with Crippen LogP contribution in [-0.2, 0) is 0 Å². The molecule has 1 aromatic carbocycles. The summed E-state index contributed by atoms with van der Waals surface area (Å²) in [6.07, 6.45) is 0.661. The van der Waals surface area contributed by atoms with Crippen LogP contribution in [0.1, 0.15) is 30.5 Å². The molecule has 0 fully saturated rings. The van der Waals surface area contributed by atoms with Crippen molar-refractivity contribution in [2.45, 2.75) is 26.3 Å². The van der Waals surface area contributed by atoms with Crippen LogP contribution >= 0.6 is 0 Å². The quantitative estimate of drug-likeness (QED) is 0.727. The van der Waals surface area contributed by atoms with Gasteiger partial charge in [-0.3, -0.25) is 0 Å². The van der Waals surface area contributed by atoms with E-state index >= 15 is 0 Å². The van der Waals surface area contributed by atoms with E-state index in [-0.39, 0.29) is 12.6 Å². The van der Waals surface area contributed by atoms with Crippen LogP contribution < -0.4 is 10.5 Å². The molecular weight excluding hydrogens is 190 g/mol. The fourth-order valence-corrected chi connectivity index (χ4v) is 1.36. The van der Waals surface area contributed by atoms with Crippen LogP contribution in [0.3, 0.4) is 0 Å². The van der Waals surface area contributed by atoms with Crippen LogP contribution in [0.5, 0.6) is 5.75 Å². The van der Waals surface area contributed by atoms with Gasteiger partial charge in [-0.05, 0) is 31.0 Å². The van der Waals surface area contributed by atoms with E-state index < -0.39 is 0 Å². The Morgan fingerprint density at radius 2 is 2.20 bits per heavy atom. The summed E-state index contributed by atoms with van der Waals surface area (Å²) in [7, 11) is 0. The van der Waals surface area contributed by atoms with Crippen LogP contribution in [0, 0.1) is 6.92 Å². The maximum Gasteiger partial charge on any atom is 0.122 e. The maximum atomic E-state index is 8.63. The summed E-state index contributed by atoms with van der Waals surface area (Å²) in [4.78, 5) is 0. The lowest BCUT2D eigenvalue weighted by atomic mass is 10.1. The highest BCUT2D eigenvalue weighted by molar-refractivity contribution is 5.37. The van der Waals surface area contributed by atoms with Crippen molar-refractivity contribution >= 4 is 0 Å². The predicted molar refractivity (Wildman–Crippen MR) is 61.0 cm³/mol. The normalized spacial score (nSPS) is 12.5. The average molecular weight is 209 g/mol. The number of hydrogen-bond donors (Lipinski definition) is 2. The largest absolute Gasteiger partial charge is 0.493 e. The summed E-state index contributed by atoms with van der Waals surface area (Å²) in [6, 6.07) is 6.01. The molecule has 0 bridgehead atoms. The van der Waals surface area contributed by atoms with Gasteiger partial charge in [-0.2, -0.15) is 0 Å². The van der Waals surface area contributed by atoms with E-state index in [2.05, 4.69) is 0 Å². The third-order valence-corrected chi connectivity index (χ3v) is 2.28. The average Bonchev–Trinajstić information content (AvgIpc) is 2.20. The molecule has 0 radical (unpaired) electrons. The summed E-state index contributed by atoms with van der Waals surface area (Å²) in [5.74, 6) is 0.868. The Hall–Kier alpha value is -1.06. The van der Waals surface area contributed by atoms with Gasteiger partial charge in [0.25, 0.3) is 0 Å². The first-order valence-corrected chi connectivity index (χ1v) is 5.25. The standard InChI is InChI=1S/C12H19NO2/c1-9-8-11(10(2)13)4-5-12(9)15-7-3-6-14/h4-5,8,10,14H,3,6-7,13H2,1-2H3/t10-/m0/s1. The molecule has 3 heteroatoms. The van der Waals surface area contributed by atoms with Crippen molar-refractivity contribution in [2.75, 3.05) is 13.2 Å². The Bertz CT molecular complexity index is 310. The van der Waals surface area contributed by atoms with E-state index in [9.17, 15) is 0 Å². The van der Waals surface area contributed by atoms with Crippen molar-refractivity contribution in [1.29, 1.82) is 0 Å². The summed E-state index contributed by atoms with van der Waals surface area (Å²) in [5, 5.41) is 8.63. The Labute approximate surface area is 90.9 Å². The van der Waals surface area contributed by atoms with Crippen LogP contribution in [0.4, 0.5) is 0 Å². The Morgan fingerprint density at radius 3 is 2.73 bits per heavy atom. The molecule has 3 nitrogen and oxygen atoms in total. The summed E-state index contributed by atoms with van der Waals surface area (Å²) >= 11 is 0. The number of rotatable bonds is 5. The Morgan fingerprint density at radius 1 is 1.47 bits per heavy atom. The van der Waals surface area contributed by atoms with Gasteiger partial charge in [-0.25, -0.2) is 0 Å². The lowest BCUT2D eigenvalue weighted by molar-refractivity contribution is 0.233. The van der Waals surface area contributed by atoms with E-state index in [0.29, 0.717) is 13.0 Å². The summed E-state index contributed by atoms with van der Waals surface area (Å²) < 4.78 is 5.51. The van der Waals surface area contributed by atoms with Crippen molar-refractivity contribution in [1.82, 2.24) is 0 Å². The molecule has 0 aromatic heterocycles. The fourth-order valence-electron chi connectivity index (χ4n) is 1.36. The number of aliphatic hydroxyl groups excluding tert-OH is 1. The molecule has 0 aliphatic carbocycles. The minimum atomic E-state index is 0.0511. The first-order valence-electron chi connectivity index (χ1n) is 5.25. The fraction of sp³-hybridized carbons (Fsp3) is 0.500. The van der Waals surface area contributed by atoms with Crippen LogP contribution in [0.25, 0.3) is 0 Å². The first kappa shape index (κ1) is 12.0. The van der Waals surface area contributed by atoms with E-state index in [1.807, 2.05) is 32.0 Å². The third-order valence-electron chi connectivity index (χ3n) is 2.28. The molecule has 1 atom stereocenters. The van der Waals surface area contributed by atoms with Crippen LogP contribution in [0.15, 0.2) is 18.2 Å². The molecule has 1 rings (SSSR count). The number of ether oxygens (including phenoxy) is 1. The van der Waals surface area contributed by atoms with Gasteiger partial charge < -0.3 is 15.6 Å². The lowest BCUT2D eigenvalue weighted by Gasteiger charge is -2.11. The number of aliphatic hydroxyl groups is 1. The molecule has 0 saturated heterocycles. The molecule has 0 saturated carbocycles. The van der Waals surface area contributed by atoms with Gasteiger partial charge in [-0.1, -0.05) is 12.1 Å². The lowest BCUT2D eigenvalue weighted by Crippen LogP contribution is -2.06. The van der Waals surface area contributed by atoms with E-state index in [1.54, 1.807) is 0 Å². The molecule has 0 unspecified atom stereocenters. The second-order valence-corrected chi connectivity index (χ2v) is 3.74. The van der Waals surface area contributed by atoms with Crippen molar-refractivity contribution in [3.05, 3.63) is 29.3 Å². The minimum Gasteiger partial charge on any atom is -0.493 e. The van der Waals surface area contributed by atoms with Crippen molar-refractivity contribution < 1.29 is 9.84 Å². The van der Waals surface area contributed by atoms with Gasteiger partial charge in [0.1, 0.15) is 5.75 Å². The number of hydrogen-bond acceptors (Lipinski definition) is 3. The Balaban J connectivity index is 2.66. The topological polar surface area (TPSA) is 55.5 Å². The van der Waals surface area contributed by atoms with Gasteiger partial charge in [0, 0.05) is 19.1 Å². The first-order chi connectivity index (χ1) is 7.15. The number of nitrogens with two attached hydrogens (primary N) is 1. The zero-order valence-corrected chi connectivity index (χ0v) is 9.36. The van der Waals surface area contributed by atoms with Crippen molar-refractivity contribution in [2.24, 2.45) is 5.73 Å². The Kier molecular flexibility index (Phi) is 4.59. The molecule has 0 aliphatic heterocycles. The predicted octanol–water partition coefficient (Wildman–Crippen LogP) is 1.78. The summed E-state index contributed by atoms with van der Waals surface area (Å²) in [5.41, 5.74) is 7.98. The highest BCUT2D eigenvalue weighted by Crippen LogP contribution is 2.21. The molecule has 84 valence electrons. The van der Waals surface area contributed by atoms with E-state index in [1.165, 1.54) is 0 Å². The van der Waals surface area contributed by atoms with Crippen molar-refractivity contribution in [3.63, 3.8) is 0 Å². The highest BCUT2D eigenvalue weighted by atomic mass is 16.5. The zero-order chi connectivity index (χ0) is 11.3. The smallest absolute Gasteiger partial charge is 0.122 e.